The van der Waals surface area contributed by atoms with E-state index in [4.69, 9.17) is 5.73 Å². The van der Waals surface area contributed by atoms with E-state index >= 15 is 0 Å². The Morgan fingerprint density at radius 2 is 1.67 bits per heavy atom. The van der Waals surface area contributed by atoms with Gasteiger partial charge in [-0.1, -0.05) is 33.1 Å². The van der Waals surface area contributed by atoms with Crippen molar-refractivity contribution in [1.29, 1.82) is 0 Å². The van der Waals surface area contributed by atoms with Gasteiger partial charge >= 0.3 is 0 Å². The minimum atomic E-state index is 0.297. The summed E-state index contributed by atoms with van der Waals surface area (Å²) in [6, 6.07) is 0.380. The Kier molecular flexibility index (Phi) is 4.38. The van der Waals surface area contributed by atoms with Crippen LogP contribution in [-0.4, -0.2) is 30.6 Å². The number of likely N-dealkylation sites (N-methyl/N-ethyl adjacent to an activating group) is 1. The Morgan fingerprint density at radius 1 is 1.06 bits per heavy atom. The first kappa shape index (κ1) is 14.3. The van der Waals surface area contributed by atoms with Gasteiger partial charge in [0.1, 0.15) is 0 Å². The van der Waals surface area contributed by atoms with E-state index < -0.39 is 0 Å². The first-order valence-electron chi connectivity index (χ1n) is 7.90. The van der Waals surface area contributed by atoms with E-state index in [0.29, 0.717) is 11.6 Å². The van der Waals surface area contributed by atoms with Gasteiger partial charge in [0.15, 0.2) is 0 Å². The van der Waals surface area contributed by atoms with Crippen molar-refractivity contribution in [2.24, 2.45) is 23.5 Å². The molecule has 2 rings (SSSR count). The topological polar surface area (TPSA) is 29.3 Å². The Balaban J connectivity index is 2.07. The van der Waals surface area contributed by atoms with Crippen molar-refractivity contribution in [2.75, 3.05) is 14.1 Å². The van der Waals surface area contributed by atoms with Crippen LogP contribution in [0.25, 0.3) is 0 Å². The predicted molar refractivity (Wildman–Crippen MR) is 78.5 cm³/mol. The molecule has 2 nitrogen and oxygen atoms in total. The zero-order valence-corrected chi connectivity index (χ0v) is 12.8. The molecule has 0 aromatic heterocycles. The Hall–Kier alpha value is -0.0800. The van der Waals surface area contributed by atoms with Crippen molar-refractivity contribution >= 4 is 0 Å². The zero-order valence-electron chi connectivity index (χ0n) is 12.8. The van der Waals surface area contributed by atoms with Crippen LogP contribution in [0, 0.1) is 17.8 Å². The molecule has 106 valence electrons. The summed E-state index contributed by atoms with van der Waals surface area (Å²) in [6.45, 7) is 4.82. The number of hydrogen-bond acceptors (Lipinski definition) is 2. The highest BCUT2D eigenvalue weighted by molar-refractivity contribution is 5.04. The molecule has 0 bridgehead atoms. The van der Waals surface area contributed by atoms with Crippen molar-refractivity contribution in [2.45, 2.75) is 70.4 Å². The average molecular weight is 252 g/mol. The maximum absolute atomic E-state index is 6.76. The lowest BCUT2D eigenvalue weighted by atomic mass is 9.68. The molecule has 0 spiro atoms. The summed E-state index contributed by atoms with van der Waals surface area (Å²) in [7, 11) is 4.47. The largest absolute Gasteiger partial charge is 0.326 e. The normalized spacial score (nSPS) is 38.0. The summed E-state index contributed by atoms with van der Waals surface area (Å²) < 4.78 is 0. The minimum Gasteiger partial charge on any atom is -0.326 e. The summed E-state index contributed by atoms with van der Waals surface area (Å²) in [5.74, 6) is 2.50. The standard InChI is InChI=1S/C16H32N2/c1-12-7-8-14(11-13(12)2)15(17)16(18(3)4)9-5-6-10-16/h12-15H,5-11,17H2,1-4H3. The second-order valence-electron chi connectivity index (χ2n) is 7.26. The van der Waals surface area contributed by atoms with Crippen LogP contribution in [0.5, 0.6) is 0 Å². The predicted octanol–water partition coefficient (Wildman–Crippen LogP) is 3.26. The van der Waals surface area contributed by atoms with E-state index in [1.54, 1.807) is 0 Å². The van der Waals surface area contributed by atoms with Crippen LogP contribution >= 0.6 is 0 Å². The molecule has 0 aromatic carbocycles. The molecule has 2 aliphatic rings. The first-order valence-corrected chi connectivity index (χ1v) is 7.90. The summed E-state index contributed by atoms with van der Waals surface area (Å²) in [4.78, 5) is 2.44. The fraction of sp³-hybridized carbons (Fsp3) is 1.00. The van der Waals surface area contributed by atoms with Crippen molar-refractivity contribution in [1.82, 2.24) is 4.90 Å². The molecular formula is C16H32N2. The third-order valence-corrected chi connectivity index (χ3v) is 6.13. The second-order valence-corrected chi connectivity index (χ2v) is 7.26. The lowest BCUT2D eigenvalue weighted by Crippen LogP contribution is -2.59. The molecule has 0 saturated heterocycles. The van der Waals surface area contributed by atoms with Crippen LogP contribution in [0.15, 0.2) is 0 Å². The molecular weight excluding hydrogens is 220 g/mol. The Bertz CT molecular complexity index is 268. The molecule has 0 aliphatic heterocycles. The van der Waals surface area contributed by atoms with Crippen molar-refractivity contribution < 1.29 is 0 Å². The van der Waals surface area contributed by atoms with Crippen LogP contribution < -0.4 is 5.73 Å². The summed E-state index contributed by atoms with van der Waals surface area (Å²) in [6.07, 6.45) is 9.42. The van der Waals surface area contributed by atoms with Crippen LogP contribution in [0.4, 0.5) is 0 Å². The zero-order chi connectivity index (χ0) is 13.3. The van der Waals surface area contributed by atoms with Crippen molar-refractivity contribution in [3.63, 3.8) is 0 Å². The highest BCUT2D eigenvalue weighted by Crippen LogP contribution is 2.43. The first-order chi connectivity index (χ1) is 8.47. The number of nitrogens with two attached hydrogens (primary N) is 1. The van der Waals surface area contributed by atoms with Crippen LogP contribution in [0.2, 0.25) is 0 Å². The van der Waals surface area contributed by atoms with Crippen molar-refractivity contribution in [3.05, 3.63) is 0 Å². The fourth-order valence-corrected chi connectivity index (χ4v) is 4.42. The SMILES string of the molecule is CC1CCC(C(N)C2(N(C)C)CCCC2)CC1C. The maximum atomic E-state index is 6.76. The van der Waals surface area contributed by atoms with E-state index in [-0.39, 0.29) is 0 Å². The van der Waals surface area contributed by atoms with E-state index in [1.807, 2.05) is 0 Å². The third-order valence-electron chi connectivity index (χ3n) is 6.13. The van der Waals surface area contributed by atoms with Gasteiger partial charge in [0.2, 0.25) is 0 Å². The van der Waals surface area contributed by atoms with Gasteiger partial charge in [0.25, 0.3) is 0 Å². The fourth-order valence-electron chi connectivity index (χ4n) is 4.42. The van der Waals surface area contributed by atoms with Gasteiger partial charge in [-0.25, -0.2) is 0 Å². The third kappa shape index (κ3) is 2.46. The van der Waals surface area contributed by atoms with E-state index in [2.05, 4.69) is 32.8 Å². The monoisotopic (exact) mass is 252 g/mol. The molecule has 2 N–H and O–H groups in total. The van der Waals surface area contributed by atoms with Crippen molar-refractivity contribution in [3.8, 4) is 0 Å². The smallest absolute Gasteiger partial charge is 0.0357 e. The highest BCUT2D eigenvalue weighted by atomic mass is 15.2. The van der Waals surface area contributed by atoms with Gasteiger partial charge in [-0.15, -0.1) is 0 Å². The number of nitrogens with zero attached hydrogens (tertiary/aromatic N) is 1. The lowest BCUT2D eigenvalue weighted by Gasteiger charge is -2.47. The quantitative estimate of drug-likeness (QED) is 0.835. The molecule has 2 saturated carbocycles. The summed E-state index contributed by atoms with van der Waals surface area (Å²) in [5.41, 5.74) is 7.05. The van der Waals surface area contributed by atoms with Gasteiger partial charge in [0.05, 0.1) is 0 Å². The van der Waals surface area contributed by atoms with Gasteiger partial charge in [-0.05, 0) is 57.5 Å². The molecule has 4 unspecified atom stereocenters. The minimum absolute atomic E-state index is 0.297. The number of rotatable bonds is 3. The average Bonchev–Trinajstić information content (AvgIpc) is 2.82. The van der Waals surface area contributed by atoms with E-state index in [9.17, 15) is 0 Å². The maximum Gasteiger partial charge on any atom is 0.0357 e. The Morgan fingerprint density at radius 3 is 2.17 bits per heavy atom. The number of hydrogen-bond donors (Lipinski definition) is 1. The molecule has 4 atom stereocenters. The van der Waals surface area contributed by atoms with Gasteiger partial charge in [-0.3, -0.25) is 0 Å². The molecule has 18 heavy (non-hydrogen) atoms. The van der Waals surface area contributed by atoms with Crippen LogP contribution in [-0.2, 0) is 0 Å². The van der Waals surface area contributed by atoms with Crippen LogP contribution in [0.1, 0.15) is 58.8 Å². The molecule has 0 radical (unpaired) electrons. The summed E-state index contributed by atoms with van der Waals surface area (Å²) >= 11 is 0. The van der Waals surface area contributed by atoms with E-state index in [1.165, 1.54) is 44.9 Å². The molecule has 0 heterocycles. The summed E-state index contributed by atoms with van der Waals surface area (Å²) in [5, 5.41) is 0. The lowest BCUT2D eigenvalue weighted by molar-refractivity contribution is 0.0643. The highest BCUT2D eigenvalue weighted by Gasteiger charge is 2.45. The van der Waals surface area contributed by atoms with Crippen LogP contribution in [0.3, 0.4) is 0 Å². The molecule has 2 heteroatoms. The molecule has 0 amide bonds. The van der Waals surface area contributed by atoms with Gasteiger partial charge in [0, 0.05) is 11.6 Å². The Labute approximate surface area is 113 Å². The van der Waals surface area contributed by atoms with Gasteiger partial charge in [-0.2, -0.15) is 0 Å². The molecule has 0 aromatic rings. The van der Waals surface area contributed by atoms with Gasteiger partial charge < -0.3 is 10.6 Å². The molecule has 2 aliphatic carbocycles. The van der Waals surface area contributed by atoms with E-state index in [0.717, 1.165) is 17.8 Å². The molecule has 2 fully saturated rings. The second kappa shape index (κ2) is 5.50.